The molecule has 9 nitrogen and oxygen atoms in total. The number of amides is 4. The van der Waals surface area contributed by atoms with Crippen LogP contribution in [-0.4, -0.2) is 22.8 Å². The van der Waals surface area contributed by atoms with Crippen LogP contribution in [0.4, 0.5) is 29.3 Å². The highest BCUT2D eigenvalue weighted by molar-refractivity contribution is 6.42. The number of urea groups is 1. The molecule has 188 valence electrons. The maximum Gasteiger partial charge on any atom is 0.416 e. The normalized spacial score (nSPS) is 15.1. The summed E-state index contributed by atoms with van der Waals surface area (Å²) in [5, 5.41) is 13.4. The van der Waals surface area contributed by atoms with Gasteiger partial charge < -0.3 is 4.74 Å². The van der Waals surface area contributed by atoms with Crippen LogP contribution in [0.15, 0.2) is 72.3 Å². The number of rotatable bonds is 5. The highest BCUT2D eigenvalue weighted by Gasteiger charge is 2.37. The van der Waals surface area contributed by atoms with E-state index < -0.39 is 45.9 Å². The lowest BCUT2D eigenvalue weighted by atomic mass is 10.1. The number of nitrogens with zero attached hydrogens (tertiary/aromatic N) is 2. The molecule has 1 aliphatic heterocycles. The molecule has 13 heteroatoms. The summed E-state index contributed by atoms with van der Waals surface area (Å²) in [7, 11) is 0. The number of barbiturate groups is 1. The third-order valence-electron chi connectivity index (χ3n) is 5.10. The Morgan fingerprint density at radius 3 is 2.30 bits per heavy atom. The molecule has 3 aromatic carbocycles. The topological polar surface area (TPSA) is 119 Å². The molecule has 0 unspecified atom stereocenters. The smallest absolute Gasteiger partial charge is 0.416 e. The van der Waals surface area contributed by atoms with Gasteiger partial charge in [-0.2, -0.15) is 13.2 Å². The van der Waals surface area contributed by atoms with Gasteiger partial charge in [-0.1, -0.05) is 35.9 Å². The number of hydrogen-bond donors (Lipinski definition) is 1. The summed E-state index contributed by atoms with van der Waals surface area (Å²) in [5.74, 6) is -2.22. The average Bonchev–Trinajstić information content (AvgIpc) is 2.83. The minimum Gasteiger partial charge on any atom is -0.450 e. The predicted octanol–water partition coefficient (Wildman–Crippen LogP) is 5.73. The zero-order valence-electron chi connectivity index (χ0n) is 18.3. The minimum atomic E-state index is -4.77. The molecule has 0 aliphatic carbocycles. The van der Waals surface area contributed by atoms with E-state index in [2.05, 4.69) is 5.32 Å². The fraction of sp³-hybridized carbons (Fsp3) is 0.0417. The number of nitro benzene ring substituents is 1. The van der Waals surface area contributed by atoms with Crippen molar-refractivity contribution in [1.82, 2.24) is 5.32 Å². The van der Waals surface area contributed by atoms with Crippen LogP contribution in [0, 0.1) is 10.1 Å². The van der Waals surface area contributed by atoms with E-state index in [1.807, 2.05) is 0 Å². The van der Waals surface area contributed by atoms with E-state index in [1.165, 1.54) is 42.5 Å². The number of para-hydroxylation sites is 1. The van der Waals surface area contributed by atoms with Crippen molar-refractivity contribution in [2.45, 2.75) is 6.18 Å². The Morgan fingerprint density at radius 2 is 1.68 bits per heavy atom. The summed E-state index contributed by atoms with van der Waals surface area (Å²) in [6.07, 6.45) is -3.56. The molecule has 1 aliphatic rings. The van der Waals surface area contributed by atoms with E-state index in [1.54, 1.807) is 12.1 Å². The Labute approximate surface area is 210 Å². The van der Waals surface area contributed by atoms with Crippen molar-refractivity contribution in [3.63, 3.8) is 0 Å². The number of imide groups is 2. The third-order valence-corrected chi connectivity index (χ3v) is 5.42. The number of benzene rings is 3. The van der Waals surface area contributed by atoms with E-state index in [0.717, 1.165) is 11.0 Å². The molecule has 4 rings (SSSR count). The van der Waals surface area contributed by atoms with E-state index in [9.17, 15) is 37.7 Å². The Bertz CT molecular complexity index is 1470. The molecule has 1 fully saturated rings. The van der Waals surface area contributed by atoms with Gasteiger partial charge in [-0.05, 0) is 48.0 Å². The van der Waals surface area contributed by atoms with Crippen LogP contribution in [0.2, 0.25) is 5.02 Å². The van der Waals surface area contributed by atoms with Crippen LogP contribution in [0.1, 0.15) is 11.1 Å². The van der Waals surface area contributed by atoms with Gasteiger partial charge in [0.15, 0.2) is 0 Å². The number of halogens is 4. The lowest BCUT2D eigenvalue weighted by Gasteiger charge is -2.27. The van der Waals surface area contributed by atoms with Gasteiger partial charge in [0.2, 0.25) is 5.75 Å². The molecule has 37 heavy (non-hydrogen) atoms. The first-order chi connectivity index (χ1) is 17.5. The molecular weight excluding hydrogens is 519 g/mol. The molecule has 1 saturated heterocycles. The number of nitro groups is 1. The van der Waals surface area contributed by atoms with Gasteiger partial charge in [-0.15, -0.1) is 0 Å². The number of carbonyl (C=O) groups is 3. The number of hydrogen-bond acceptors (Lipinski definition) is 6. The summed E-state index contributed by atoms with van der Waals surface area (Å²) >= 11 is 6.09. The van der Waals surface area contributed by atoms with E-state index in [4.69, 9.17) is 16.3 Å². The first-order valence-corrected chi connectivity index (χ1v) is 10.6. The zero-order chi connectivity index (χ0) is 26.9. The highest BCUT2D eigenvalue weighted by atomic mass is 35.5. The zero-order valence-corrected chi connectivity index (χ0v) is 19.0. The molecule has 0 saturated carbocycles. The fourth-order valence-corrected chi connectivity index (χ4v) is 3.58. The summed E-state index contributed by atoms with van der Waals surface area (Å²) in [6.45, 7) is 0. The van der Waals surface area contributed by atoms with Gasteiger partial charge in [-0.25, -0.2) is 9.69 Å². The second-order valence-electron chi connectivity index (χ2n) is 7.52. The quantitative estimate of drug-likeness (QED) is 0.194. The molecule has 1 N–H and O–H groups in total. The molecule has 0 radical (unpaired) electrons. The molecule has 1 heterocycles. The van der Waals surface area contributed by atoms with E-state index in [-0.39, 0.29) is 22.0 Å². The van der Waals surface area contributed by atoms with Crippen LogP contribution in [0.25, 0.3) is 6.08 Å². The summed E-state index contributed by atoms with van der Waals surface area (Å²) in [4.78, 5) is 48.6. The molecule has 0 atom stereocenters. The lowest BCUT2D eigenvalue weighted by Crippen LogP contribution is -2.54. The summed E-state index contributed by atoms with van der Waals surface area (Å²) < 4.78 is 44.1. The maximum absolute atomic E-state index is 13.0. The van der Waals surface area contributed by atoms with Gasteiger partial charge in [0.1, 0.15) is 11.3 Å². The van der Waals surface area contributed by atoms with Gasteiger partial charge in [0, 0.05) is 6.07 Å². The highest BCUT2D eigenvalue weighted by Crippen LogP contribution is 2.38. The average molecular weight is 532 g/mol. The van der Waals surface area contributed by atoms with Crippen molar-refractivity contribution >= 4 is 46.9 Å². The van der Waals surface area contributed by atoms with Crippen molar-refractivity contribution in [1.29, 1.82) is 0 Å². The number of alkyl halides is 3. The number of nitrogens with one attached hydrogen (secondary N) is 1. The van der Waals surface area contributed by atoms with Crippen molar-refractivity contribution in [3.8, 4) is 11.5 Å². The third kappa shape index (κ3) is 5.28. The standard InChI is InChI=1S/C24H13ClF3N3O6/c25-17-3-1-2-4-18(17)30-22(33)16(21(32)29-23(30)34)11-13-5-8-15(9-6-13)37-20-10-7-14(24(26,27)28)12-19(20)31(35)36/h1-12H,(H,29,32,34)/b16-11+. The van der Waals surface area contributed by atoms with Gasteiger partial charge >= 0.3 is 17.9 Å². The predicted molar refractivity (Wildman–Crippen MR) is 125 cm³/mol. The van der Waals surface area contributed by atoms with Crippen LogP contribution in [0.3, 0.4) is 0 Å². The van der Waals surface area contributed by atoms with Gasteiger partial charge in [0.05, 0.1) is 21.2 Å². The van der Waals surface area contributed by atoms with E-state index in [0.29, 0.717) is 17.7 Å². The Morgan fingerprint density at radius 1 is 1.00 bits per heavy atom. The largest absolute Gasteiger partial charge is 0.450 e. The summed E-state index contributed by atoms with van der Waals surface area (Å²) in [5.41, 5.74) is -2.05. The number of anilines is 1. The number of ether oxygens (including phenoxy) is 1. The first kappa shape index (κ1) is 25.4. The monoisotopic (exact) mass is 531 g/mol. The van der Waals surface area contributed by atoms with Gasteiger partial charge in [0.25, 0.3) is 11.8 Å². The molecule has 4 amide bonds. The Kier molecular flexibility index (Phi) is 6.68. The Balaban J connectivity index is 1.59. The molecular formula is C24H13ClF3N3O6. The van der Waals surface area contributed by atoms with Crippen molar-refractivity contribution in [2.75, 3.05) is 4.90 Å². The van der Waals surface area contributed by atoms with Crippen LogP contribution in [-0.2, 0) is 15.8 Å². The second kappa shape index (κ2) is 9.74. The van der Waals surface area contributed by atoms with E-state index >= 15 is 0 Å². The lowest BCUT2D eigenvalue weighted by molar-refractivity contribution is -0.385. The van der Waals surface area contributed by atoms with Crippen molar-refractivity contribution in [3.05, 3.63) is 98.6 Å². The molecule has 0 aromatic heterocycles. The van der Waals surface area contributed by atoms with Crippen LogP contribution < -0.4 is 15.0 Å². The number of carbonyl (C=O) groups excluding carboxylic acids is 3. The summed E-state index contributed by atoms with van der Waals surface area (Å²) in [6, 6.07) is 12.4. The van der Waals surface area contributed by atoms with Gasteiger partial charge in [-0.3, -0.25) is 25.0 Å². The second-order valence-corrected chi connectivity index (χ2v) is 7.92. The van der Waals surface area contributed by atoms with Crippen LogP contribution in [0.5, 0.6) is 11.5 Å². The molecule has 3 aromatic rings. The first-order valence-electron chi connectivity index (χ1n) is 10.3. The Hall–Kier alpha value is -4.71. The van der Waals surface area contributed by atoms with Crippen molar-refractivity contribution < 1.29 is 37.2 Å². The molecule has 0 bridgehead atoms. The van der Waals surface area contributed by atoms with Crippen LogP contribution >= 0.6 is 11.6 Å². The fourth-order valence-electron chi connectivity index (χ4n) is 3.36. The van der Waals surface area contributed by atoms with Crippen molar-refractivity contribution in [2.24, 2.45) is 0 Å². The minimum absolute atomic E-state index is 0.0392. The maximum atomic E-state index is 13.0. The molecule has 0 spiro atoms. The SMILES string of the molecule is O=C1NC(=O)N(c2ccccc2Cl)C(=O)/C1=C/c1ccc(Oc2ccc(C(F)(F)F)cc2[N+](=O)[O-])cc1.